The number of rotatable bonds is 4. The van der Waals surface area contributed by atoms with Gasteiger partial charge in [0.05, 0.1) is 13.7 Å². The summed E-state index contributed by atoms with van der Waals surface area (Å²) in [5, 5.41) is 29.0. The van der Waals surface area contributed by atoms with Gasteiger partial charge in [-0.25, -0.2) is 0 Å². The maximum atomic E-state index is 11.0. The van der Waals surface area contributed by atoms with E-state index in [2.05, 4.69) is 0 Å². The minimum absolute atomic E-state index is 0.274. The van der Waals surface area contributed by atoms with Crippen molar-refractivity contribution in [3.05, 3.63) is 23.8 Å². The SMILES string of the molecule is COc1ccc(OC(C)=O)cc1[C@@H]1O[C@H](CO)[C@@H](O)[C@H]1O. The van der Waals surface area contributed by atoms with Gasteiger partial charge in [-0.05, 0) is 18.2 Å². The van der Waals surface area contributed by atoms with Crippen molar-refractivity contribution >= 4 is 5.97 Å². The molecule has 0 aromatic heterocycles. The molecular formula is C14H18O7. The predicted octanol–water partition coefficient (Wildman–Crippen LogP) is -0.226. The van der Waals surface area contributed by atoms with Crippen molar-refractivity contribution in [3.8, 4) is 11.5 Å². The molecule has 0 bridgehead atoms. The number of aliphatic hydroxyl groups is 3. The Morgan fingerprint density at radius 1 is 1.33 bits per heavy atom. The molecule has 7 heteroatoms. The second-order valence-electron chi connectivity index (χ2n) is 4.76. The molecule has 1 fully saturated rings. The third-order valence-corrected chi connectivity index (χ3v) is 3.31. The fourth-order valence-electron chi connectivity index (χ4n) is 2.32. The first-order valence-corrected chi connectivity index (χ1v) is 6.46. The number of hydrogen-bond acceptors (Lipinski definition) is 7. The van der Waals surface area contributed by atoms with E-state index in [0.29, 0.717) is 11.3 Å². The number of aliphatic hydroxyl groups excluding tert-OH is 3. The number of ether oxygens (including phenoxy) is 3. The van der Waals surface area contributed by atoms with Gasteiger partial charge in [0.2, 0.25) is 0 Å². The smallest absolute Gasteiger partial charge is 0.308 e. The van der Waals surface area contributed by atoms with E-state index in [0.717, 1.165) is 0 Å². The molecule has 21 heavy (non-hydrogen) atoms. The summed E-state index contributed by atoms with van der Waals surface area (Å²) in [6.07, 6.45) is -4.19. The molecule has 1 aromatic carbocycles. The molecule has 7 nitrogen and oxygen atoms in total. The number of carbonyl (C=O) groups is 1. The number of methoxy groups -OCH3 is 1. The summed E-state index contributed by atoms with van der Waals surface area (Å²) in [4.78, 5) is 11.0. The highest BCUT2D eigenvalue weighted by atomic mass is 16.6. The Labute approximate surface area is 121 Å². The monoisotopic (exact) mass is 298 g/mol. The Balaban J connectivity index is 2.35. The van der Waals surface area contributed by atoms with Crippen LogP contribution in [0.3, 0.4) is 0 Å². The van der Waals surface area contributed by atoms with E-state index in [1.54, 1.807) is 12.1 Å². The summed E-state index contributed by atoms with van der Waals surface area (Å²) in [5.41, 5.74) is 0.429. The zero-order valence-electron chi connectivity index (χ0n) is 11.7. The Hall–Kier alpha value is -1.67. The first-order chi connectivity index (χ1) is 9.97. The molecule has 0 unspecified atom stereocenters. The average molecular weight is 298 g/mol. The molecule has 1 saturated heterocycles. The molecule has 116 valence electrons. The van der Waals surface area contributed by atoms with Gasteiger partial charge in [0, 0.05) is 12.5 Å². The lowest BCUT2D eigenvalue weighted by molar-refractivity contribution is -0.131. The predicted molar refractivity (Wildman–Crippen MR) is 71.0 cm³/mol. The van der Waals surface area contributed by atoms with Crippen LogP contribution in [0.2, 0.25) is 0 Å². The van der Waals surface area contributed by atoms with Crippen LogP contribution >= 0.6 is 0 Å². The van der Waals surface area contributed by atoms with E-state index < -0.39 is 37.0 Å². The molecule has 4 atom stereocenters. The maximum absolute atomic E-state index is 11.0. The standard InChI is InChI=1S/C14H18O7/c1-7(16)20-8-3-4-10(19-2)9(5-8)14-13(18)12(17)11(6-15)21-14/h3-5,11-15,17-18H,6H2,1-2H3/t11-,12-,13-,14+/m1/s1. The molecule has 1 aliphatic heterocycles. The molecule has 2 rings (SSSR count). The second-order valence-corrected chi connectivity index (χ2v) is 4.76. The van der Waals surface area contributed by atoms with Crippen molar-refractivity contribution in [2.45, 2.75) is 31.3 Å². The van der Waals surface area contributed by atoms with Crippen LogP contribution in [-0.2, 0) is 9.53 Å². The molecule has 1 heterocycles. The Morgan fingerprint density at radius 2 is 2.05 bits per heavy atom. The van der Waals surface area contributed by atoms with E-state index in [4.69, 9.17) is 19.3 Å². The van der Waals surface area contributed by atoms with Crippen LogP contribution in [0.5, 0.6) is 11.5 Å². The van der Waals surface area contributed by atoms with Crippen molar-refractivity contribution in [2.75, 3.05) is 13.7 Å². The third-order valence-electron chi connectivity index (χ3n) is 3.31. The van der Waals surface area contributed by atoms with E-state index in [-0.39, 0.29) is 5.75 Å². The molecule has 0 radical (unpaired) electrons. The number of hydrogen-bond donors (Lipinski definition) is 3. The van der Waals surface area contributed by atoms with Gasteiger partial charge in [-0.15, -0.1) is 0 Å². The topological polar surface area (TPSA) is 105 Å². The van der Waals surface area contributed by atoms with Gasteiger partial charge in [0.25, 0.3) is 0 Å². The largest absolute Gasteiger partial charge is 0.496 e. The van der Waals surface area contributed by atoms with Crippen LogP contribution in [0.15, 0.2) is 18.2 Å². The van der Waals surface area contributed by atoms with E-state index >= 15 is 0 Å². The fourth-order valence-corrected chi connectivity index (χ4v) is 2.32. The van der Waals surface area contributed by atoms with Crippen LogP contribution in [0, 0.1) is 0 Å². The molecule has 0 saturated carbocycles. The fraction of sp³-hybridized carbons (Fsp3) is 0.500. The van der Waals surface area contributed by atoms with Crippen molar-refractivity contribution in [1.29, 1.82) is 0 Å². The molecule has 1 aromatic rings. The zero-order chi connectivity index (χ0) is 15.6. The molecule has 0 amide bonds. The first-order valence-electron chi connectivity index (χ1n) is 6.46. The summed E-state index contributed by atoms with van der Waals surface area (Å²) < 4.78 is 15.6. The average Bonchev–Trinajstić information content (AvgIpc) is 2.74. The van der Waals surface area contributed by atoms with Crippen molar-refractivity contribution in [1.82, 2.24) is 0 Å². The summed E-state index contributed by atoms with van der Waals surface area (Å²) in [6.45, 7) is 0.858. The van der Waals surface area contributed by atoms with Gasteiger partial charge in [0.1, 0.15) is 35.9 Å². The van der Waals surface area contributed by atoms with Crippen LogP contribution in [0.1, 0.15) is 18.6 Å². The lowest BCUT2D eigenvalue weighted by atomic mass is 10.0. The van der Waals surface area contributed by atoms with Gasteiger partial charge in [-0.1, -0.05) is 0 Å². The van der Waals surface area contributed by atoms with Crippen LogP contribution in [-0.4, -0.2) is 53.3 Å². The zero-order valence-corrected chi connectivity index (χ0v) is 11.7. The lowest BCUT2D eigenvalue weighted by Crippen LogP contribution is -2.32. The van der Waals surface area contributed by atoms with Gasteiger partial charge in [-0.2, -0.15) is 0 Å². The summed E-state index contributed by atoms with van der Waals surface area (Å²) in [7, 11) is 1.45. The highest BCUT2D eigenvalue weighted by molar-refractivity contribution is 5.69. The Bertz CT molecular complexity index is 516. The van der Waals surface area contributed by atoms with Gasteiger partial charge >= 0.3 is 5.97 Å². The minimum atomic E-state index is -1.22. The molecule has 1 aliphatic rings. The van der Waals surface area contributed by atoms with E-state index in [1.165, 1.54) is 20.1 Å². The molecule has 0 spiro atoms. The number of esters is 1. The second kappa shape index (κ2) is 6.40. The Morgan fingerprint density at radius 3 is 2.57 bits per heavy atom. The quantitative estimate of drug-likeness (QED) is 0.521. The Kier molecular flexibility index (Phi) is 4.79. The first kappa shape index (κ1) is 15.7. The summed E-state index contributed by atoms with van der Waals surface area (Å²) >= 11 is 0. The van der Waals surface area contributed by atoms with Crippen LogP contribution in [0.25, 0.3) is 0 Å². The van der Waals surface area contributed by atoms with Gasteiger partial charge in [-0.3, -0.25) is 4.79 Å². The number of carbonyl (C=O) groups excluding carboxylic acids is 1. The normalized spacial score (nSPS) is 28.4. The van der Waals surface area contributed by atoms with E-state index in [9.17, 15) is 15.0 Å². The third kappa shape index (κ3) is 3.16. The molecule has 0 aliphatic carbocycles. The highest BCUT2D eigenvalue weighted by Crippen LogP contribution is 2.39. The van der Waals surface area contributed by atoms with Gasteiger partial charge in [0.15, 0.2) is 0 Å². The summed E-state index contributed by atoms with van der Waals surface area (Å²) in [6, 6.07) is 4.62. The highest BCUT2D eigenvalue weighted by Gasteiger charge is 2.44. The van der Waals surface area contributed by atoms with Crippen molar-refractivity contribution < 1.29 is 34.3 Å². The van der Waals surface area contributed by atoms with Crippen LogP contribution < -0.4 is 9.47 Å². The van der Waals surface area contributed by atoms with Crippen molar-refractivity contribution in [2.24, 2.45) is 0 Å². The molecule has 3 N–H and O–H groups in total. The number of benzene rings is 1. The van der Waals surface area contributed by atoms with Gasteiger partial charge < -0.3 is 29.5 Å². The maximum Gasteiger partial charge on any atom is 0.308 e. The lowest BCUT2D eigenvalue weighted by Gasteiger charge is -2.18. The van der Waals surface area contributed by atoms with Crippen LogP contribution in [0.4, 0.5) is 0 Å². The summed E-state index contributed by atoms with van der Waals surface area (Å²) in [5.74, 6) is 0.212. The molecular weight excluding hydrogens is 280 g/mol. The van der Waals surface area contributed by atoms with E-state index in [1.807, 2.05) is 0 Å². The van der Waals surface area contributed by atoms with Crippen molar-refractivity contribution in [3.63, 3.8) is 0 Å². The minimum Gasteiger partial charge on any atom is -0.496 e.